The maximum Gasteiger partial charge on any atom is 0.168 e. The summed E-state index contributed by atoms with van der Waals surface area (Å²) in [5, 5.41) is 2.01. The number of aromatic nitrogens is 2. The summed E-state index contributed by atoms with van der Waals surface area (Å²) >= 11 is 1.62. The maximum atomic E-state index is 10.5. The highest BCUT2D eigenvalue weighted by Gasteiger charge is 2.05. The average Bonchev–Trinajstić information content (AvgIpc) is 2.65. The van der Waals surface area contributed by atoms with Gasteiger partial charge < -0.3 is 0 Å². The zero-order valence-corrected chi connectivity index (χ0v) is 8.41. The molecule has 0 aliphatic rings. The summed E-state index contributed by atoms with van der Waals surface area (Å²) < 4.78 is 0. The highest BCUT2D eigenvalue weighted by molar-refractivity contribution is 7.13. The first-order chi connectivity index (χ1) is 6.81. The number of rotatable bonds is 2. The molecule has 0 aliphatic heterocycles. The molecule has 0 saturated heterocycles. The second kappa shape index (κ2) is 3.67. The van der Waals surface area contributed by atoms with Crippen LogP contribution >= 0.6 is 11.3 Å². The van der Waals surface area contributed by atoms with E-state index >= 15 is 0 Å². The minimum Gasteiger partial charge on any atom is -0.296 e. The Balaban J connectivity index is 2.52. The molecule has 70 valence electrons. The Morgan fingerprint density at radius 3 is 2.93 bits per heavy atom. The molecule has 0 aromatic carbocycles. The lowest BCUT2D eigenvalue weighted by Crippen LogP contribution is -1.90. The summed E-state index contributed by atoms with van der Waals surface area (Å²) in [6, 6.07) is 3.73. The standard InChI is InChI=1S/C10H8N2OS/c1-7-2-3-14-10(7)9-4-8(5-13)11-6-12-9/h2-6H,1H3. The monoisotopic (exact) mass is 204 g/mol. The van der Waals surface area contributed by atoms with Crippen molar-refractivity contribution in [3.05, 3.63) is 35.1 Å². The van der Waals surface area contributed by atoms with Crippen LogP contribution in [0.4, 0.5) is 0 Å². The molecule has 0 N–H and O–H groups in total. The molecule has 2 aromatic rings. The number of nitrogens with zero attached hydrogens (tertiary/aromatic N) is 2. The summed E-state index contributed by atoms with van der Waals surface area (Å²) in [5.74, 6) is 0. The first kappa shape index (κ1) is 9.02. The van der Waals surface area contributed by atoms with Crippen LogP contribution in [0.1, 0.15) is 16.1 Å². The van der Waals surface area contributed by atoms with Crippen LogP contribution in [0, 0.1) is 6.92 Å². The Morgan fingerprint density at radius 1 is 1.43 bits per heavy atom. The van der Waals surface area contributed by atoms with Gasteiger partial charge in [0.2, 0.25) is 0 Å². The van der Waals surface area contributed by atoms with Gasteiger partial charge >= 0.3 is 0 Å². The maximum absolute atomic E-state index is 10.5. The third-order valence-electron chi connectivity index (χ3n) is 1.90. The van der Waals surface area contributed by atoms with Gasteiger partial charge in [-0.3, -0.25) is 4.79 Å². The van der Waals surface area contributed by atoms with Crippen LogP contribution in [0.3, 0.4) is 0 Å². The predicted molar refractivity (Wildman–Crippen MR) is 55.5 cm³/mol. The van der Waals surface area contributed by atoms with Crippen molar-refractivity contribution in [2.24, 2.45) is 0 Å². The van der Waals surface area contributed by atoms with Crippen LogP contribution in [0.25, 0.3) is 10.6 Å². The van der Waals surface area contributed by atoms with Crippen molar-refractivity contribution in [1.82, 2.24) is 9.97 Å². The normalized spacial score (nSPS) is 10.1. The first-order valence-corrected chi connectivity index (χ1v) is 5.01. The third-order valence-corrected chi connectivity index (χ3v) is 2.94. The van der Waals surface area contributed by atoms with Crippen molar-refractivity contribution in [2.75, 3.05) is 0 Å². The zero-order chi connectivity index (χ0) is 9.97. The molecule has 2 heterocycles. The molecule has 0 atom stereocenters. The summed E-state index contributed by atoms with van der Waals surface area (Å²) in [5.41, 5.74) is 2.41. The largest absolute Gasteiger partial charge is 0.296 e. The molecule has 2 aromatic heterocycles. The molecule has 0 saturated carbocycles. The molecule has 0 amide bonds. The number of carbonyl (C=O) groups is 1. The smallest absolute Gasteiger partial charge is 0.168 e. The van der Waals surface area contributed by atoms with E-state index in [1.165, 1.54) is 11.9 Å². The van der Waals surface area contributed by atoms with E-state index in [0.717, 1.165) is 16.9 Å². The van der Waals surface area contributed by atoms with Crippen molar-refractivity contribution in [3.8, 4) is 10.6 Å². The van der Waals surface area contributed by atoms with E-state index < -0.39 is 0 Å². The Kier molecular flexibility index (Phi) is 2.37. The molecule has 0 unspecified atom stereocenters. The molecular formula is C10H8N2OS. The molecule has 0 bridgehead atoms. The van der Waals surface area contributed by atoms with Gasteiger partial charge in [-0.1, -0.05) is 0 Å². The minimum atomic E-state index is 0.419. The van der Waals surface area contributed by atoms with E-state index in [0.29, 0.717) is 5.69 Å². The average molecular weight is 204 g/mol. The molecule has 3 nitrogen and oxygen atoms in total. The van der Waals surface area contributed by atoms with Gasteiger partial charge in [0.15, 0.2) is 6.29 Å². The molecule has 0 radical (unpaired) electrons. The molecule has 14 heavy (non-hydrogen) atoms. The lowest BCUT2D eigenvalue weighted by Gasteiger charge is -1.98. The molecule has 0 aliphatic carbocycles. The van der Waals surface area contributed by atoms with Gasteiger partial charge in [0.1, 0.15) is 12.0 Å². The van der Waals surface area contributed by atoms with Gasteiger partial charge in [-0.2, -0.15) is 0 Å². The molecular weight excluding hydrogens is 196 g/mol. The topological polar surface area (TPSA) is 42.9 Å². The summed E-state index contributed by atoms with van der Waals surface area (Å²) in [6.07, 6.45) is 2.15. The van der Waals surface area contributed by atoms with E-state index in [9.17, 15) is 4.79 Å². The Labute approximate surface area is 85.5 Å². The quantitative estimate of drug-likeness (QED) is 0.705. The SMILES string of the molecule is Cc1ccsc1-c1cc(C=O)ncn1. The summed E-state index contributed by atoms with van der Waals surface area (Å²) in [4.78, 5) is 19.6. The van der Waals surface area contributed by atoms with Crippen molar-refractivity contribution in [1.29, 1.82) is 0 Å². The Bertz CT molecular complexity index is 465. The molecule has 0 fully saturated rings. The summed E-state index contributed by atoms with van der Waals surface area (Å²) in [6.45, 7) is 2.02. The highest BCUT2D eigenvalue weighted by atomic mass is 32.1. The number of aryl methyl sites for hydroxylation is 1. The number of aldehydes is 1. The van der Waals surface area contributed by atoms with Crippen LogP contribution in [0.15, 0.2) is 23.8 Å². The van der Waals surface area contributed by atoms with E-state index in [1.807, 2.05) is 18.4 Å². The van der Waals surface area contributed by atoms with E-state index in [1.54, 1.807) is 17.4 Å². The van der Waals surface area contributed by atoms with Crippen LogP contribution in [-0.2, 0) is 0 Å². The van der Waals surface area contributed by atoms with Gasteiger partial charge in [0.05, 0.1) is 10.6 Å². The fourth-order valence-electron chi connectivity index (χ4n) is 1.20. The third kappa shape index (κ3) is 1.56. The first-order valence-electron chi connectivity index (χ1n) is 4.13. The molecule has 0 spiro atoms. The number of hydrogen-bond donors (Lipinski definition) is 0. The fourth-order valence-corrected chi connectivity index (χ4v) is 2.09. The van der Waals surface area contributed by atoms with Gasteiger partial charge in [-0.25, -0.2) is 9.97 Å². The van der Waals surface area contributed by atoms with Crippen molar-refractivity contribution >= 4 is 17.6 Å². The van der Waals surface area contributed by atoms with Crippen LogP contribution in [0.2, 0.25) is 0 Å². The number of hydrogen-bond acceptors (Lipinski definition) is 4. The highest BCUT2D eigenvalue weighted by Crippen LogP contribution is 2.26. The number of carbonyl (C=O) groups excluding carboxylic acids is 1. The zero-order valence-electron chi connectivity index (χ0n) is 7.60. The molecule has 4 heteroatoms. The predicted octanol–water partition coefficient (Wildman–Crippen LogP) is 2.33. The summed E-state index contributed by atoms with van der Waals surface area (Å²) in [7, 11) is 0. The van der Waals surface area contributed by atoms with Gasteiger partial charge in [0, 0.05) is 0 Å². The van der Waals surface area contributed by atoms with Gasteiger partial charge in [-0.15, -0.1) is 11.3 Å². The van der Waals surface area contributed by atoms with E-state index in [-0.39, 0.29) is 0 Å². The lowest BCUT2D eigenvalue weighted by molar-refractivity contribution is 0.111. The van der Waals surface area contributed by atoms with E-state index in [2.05, 4.69) is 9.97 Å². The number of thiophene rings is 1. The van der Waals surface area contributed by atoms with Crippen molar-refractivity contribution in [2.45, 2.75) is 6.92 Å². The second-order valence-corrected chi connectivity index (χ2v) is 3.79. The van der Waals surface area contributed by atoms with Crippen LogP contribution in [-0.4, -0.2) is 16.3 Å². The Morgan fingerprint density at radius 2 is 2.29 bits per heavy atom. The van der Waals surface area contributed by atoms with Crippen LogP contribution < -0.4 is 0 Å². The van der Waals surface area contributed by atoms with Crippen LogP contribution in [0.5, 0.6) is 0 Å². The minimum absolute atomic E-state index is 0.419. The Hall–Kier alpha value is -1.55. The second-order valence-electron chi connectivity index (χ2n) is 2.88. The van der Waals surface area contributed by atoms with Crippen molar-refractivity contribution in [3.63, 3.8) is 0 Å². The lowest BCUT2D eigenvalue weighted by atomic mass is 10.2. The van der Waals surface area contributed by atoms with E-state index in [4.69, 9.17) is 0 Å². The molecule has 2 rings (SSSR count). The van der Waals surface area contributed by atoms with Crippen molar-refractivity contribution < 1.29 is 4.79 Å². The van der Waals surface area contributed by atoms with Gasteiger partial charge in [0.25, 0.3) is 0 Å². The fraction of sp³-hybridized carbons (Fsp3) is 0.100. The van der Waals surface area contributed by atoms with Gasteiger partial charge in [-0.05, 0) is 30.0 Å².